The third kappa shape index (κ3) is 4.09. The lowest BCUT2D eigenvalue weighted by atomic mass is 10.0. The van der Waals surface area contributed by atoms with E-state index in [0.29, 0.717) is 18.5 Å². The number of amides is 1. The summed E-state index contributed by atoms with van der Waals surface area (Å²) in [4.78, 5) is 14.8. The van der Waals surface area contributed by atoms with Crippen molar-refractivity contribution in [2.45, 2.75) is 39.7 Å². The molecule has 0 radical (unpaired) electrons. The first-order valence-corrected chi connectivity index (χ1v) is 7.63. The number of rotatable bonds is 4. The third-order valence-corrected chi connectivity index (χ3v) is 3.62. The average molecular weight is 284 g/mol. The summed E-state index contributed by atoms with van der Waals surface area (Å²) in [5.74, 6) is 6.52. The molecule has 0 unspecified atom stereocenters. The van der Waals surface area contributed by atoms with Gasteiger partial charge in [0.2, 0.25) is 0 Å². The van der Waals surface area contributed by atoms with Crippen LogP contribution in [-0.4, -0.2) is 29.9 Å². The van der Waals surface area contributed by atoms with Gasteiger partial charge in [0.25, 0.3) is 5.91 Å². The van der Waals surface area contributed by atoms with Gasteiger partial charge in [0.1, 0.15) is 0 Å². The van der Waals surface area contributed by atoms with Crippen molar-refractivity contribution < 1.29 is 4.79 Å². The number of carbonyl (C=O) groups excluding carboxylic acids is 1. The second kappa shape index (κ2) is 6.78. The molecule has 0 spiro atoms. The maximum Gasteiger partial charge on any atom is 0.254 e. The fourth-order valence-electron chi connectivity index (χ4n) is 2.38. The first-order chi connectivity index (χ1) is 10.0. The zero-order valence-corrected chi connectivity index (χ0v) is 13.1. The summed E-state index contributed by atoms with van der Waals surface area (Å²) in [5.41, 5.74) is 8.13. The number of benzene rings is 1. The molecule has 21 heavy (non-hydrogen) atoms. The Kier molecular flexibility index (Phi) is 5.03. The van der Waals surface area contributed by atoms with Crippen LogP contribution in [0.2, 0.25) is 0 Å². The summed E-state index contributed by atoms with van der Waals surface area (Å²) in [7, 11) is 0. The third-order valence-electron chi connectivity index (χ3n) is 3.62. The molecular formula is C18H24N2O. The fourth-order valence-corrected chi connectivity index (χ4v) is 2.38. The fraction of sp³-hybridized carbons (Fsp3) is 0.500. The molecule has 1 fully saturated rings. The van der Waals surface area contributed by atoms with Crippen LogP contribution in [0.4, 0.5) is 0 Å². The first kappa shape index (κ1) is 15.6. The molecule has 2 N–H and O–H groups in total. The predicted molar refractivity (Wildman–Crippen MR) is 86.0 cm³/mol. The van der Waals surface area contributed by atoms with E-state index in [-0.39, 0.29) is 5.91 Å². The van der Waals surface area contributed by atoms with Crippen LogP contribution in [0.5, 0.6) is 0 Å². The molecule has 1 aromatic carbocycles. The highest BCUT2D eigenvalue weighted by molar-refractivity contribution is 5.95. The highest BCUT2D eigenvalue weighted by Gasteiger charge is 2.33. The molecule has 0 bridgehead atoms. The summed E-state index contributed by atoms with van der Waals surface area (Å²) in [5, 5.41) is 0. The Labute approximate surface area is 127 Å². The van der Waals surface area contributed by atoms with Crippen molar-refractivity contribution in [3.63, 3.8) is 0 Å². The molecule has 0 heterocycles. The van der Waals surface area contributed by atoms with Crippen molar-refractivity contribution in [2.24, 2.45) is 11.7 Å². The largest absolute Gasteiger partial charge is 0.335 e. The molecule has 0 saturated heterocycles. The zero-order valence-electron chi connectivity index (χ0n) is 13.1. The Morgan fingerprint density at radius 3 is 2.71 bits per heavy atom. The number of aryl methyl sites for hydroxylation is 1. The van der Waals surface area contributed by atoms with Crippen LogP contribution >= 0.6 is 0 Å². The standard InChI is InChI=1S/C18H24N2O/c1-13(2)12-20(17-8-9-17)18(21)16-7-6-14(3)15(11-16)5-4-10-19/h6-7,11,13,17H,8-10,12,19H2,1-3H3. The Hall–Kier alpha value is -1.79. The van der Waals surface area contributed by atoms with E-state index in [0.717, 1.165) is 36.1 Å². The molecule has 1 aliphatic rings. The minimum atomic E-state index is 0.127. The van der Waals surface area contributed by atoms with Crippen molar-refractivity contribution in [1.82, 2.24) is 4.90 Å². The maximum atomic E-state index is 12.8. The van der Waals surface area contributed by atoms with E-state index in [1.807, 2.05) is 30.0 Å². The summed E-state index contributed by atoms with van der Waals surface area (Å²) < 4.78 is 0. The van der Waals surface area contributed by atoms with Crippen molar-refractivity contribution in [1.29, 1.82) is 0 Å². The number of carbonyl (C=O) groups is 1. The monoisotopic (exact) mass is 284 g/mol. The first-order valence-electron chi connectivity index (χ1n) is 7.63. The van der Waals surface area contributed by atoms with Crippen molar-refractivity contribution in [3.05, 3.63) is 34.9 Å². The van der Waals surface area contributed by atoms with Crippen LogP contribution in [-0.2, 0) is 0 Å². The van der Waals surface area contributed by atoms with E-state index in [1.54, 1.807) is 0 Å². The van der Waals surface area contributed by atoms with Gasteiger partial charge in [-0.25, -0.2) is 0 Å². The molecule has 0 aliphatic heterocycles. The van der Waals surface area contributed by atoms with Gasteiger partial charge >= 0.3 is 0 Å². The molecule has 1 amide bonds. The van der Waals surface area contributed by atoms with Gasteiger partial charge in [0.15, 0.2) is 0 Å². The molecule has 0 atom stereocenters. The zero-order chi connectivity index (χ0) is 15.4. The number of hydrogen-bond donors (Lipinski definition) is 1. The van der Waals surface area contributed by atoms with Crippen molar-refractivity contribution in [2.75, 3.05) is 13.1 Å². The molecule has 1 aliphatic carbocycles. The molecule has 0 aromatic heterocycles. The molecule has 1 aromatic rings. The van der Waals surface area contributed by atoms with Crippen LogP contribution in [0.25, 0.3) is 0 Å². The highest BCUT2D eigenvalue weighted by atomic mass is 16.2. The second-order valence-corrected chi connectivity index (χ2v) is 6.12. The molecule has 3 heteroatoms. The molecule has 2 rings (SSSR count). The normalized spacial score (nSPS) is 13.8. The van der Waals surface area contributed by atoms with Crippen molar-refractivity contribution in [3.8, 4) is 11.8 Å². The summed E-state index contributed by atoms with van der Waals surface area (Å²) in [6, 6.07) is 6.20. The van der Waals surface area contributed by atoms with Crippen LogP contribution in [0, 0.1) is 24.7 Å². The lowest BCUT2D eigenvalue weighted by Gasteiger charge is -2.24. The SMILES string of the molecule is Cc1ccc(C(=O)N(CC(C)C)C2CC2)cc1C#CCN. The van der Waals surface area contributed by atoms with Crippen LogP contribution in [0.3, 0.4) is 0 Å². The van der Waals surface area contributed by atoms with Gasteiger partial charge in [-0.1, -0.05) is 31.8 Å². The van der Waals surface area contributed by atoms with Gasteiger partial charge in [-0.2, -0.15) is 0 Å². The van der Waals surface area contributed by atoms with Gasteiger partial charge in [-0.05, 0) is 43.4 Å². The van der Waals surface area contributed by atoms with E-state index >= 15 is 0 Å². The maximum absolute atomic E-state index is 12.8. The summed E-state index contributed by atoms with van der Waals surface area (Å²) in [6.07, 6.45) is 2.26. The Morgan fingerprint density at radius 1 is 1.43 bits per heavy atom. The minimum Gasteiger partial charge on any atom is -0.335 e. The average Bonchev–Trinajstić information content (AvgIpc) is 3.27. The lowest BCUT2D eigenvalue weighted by Crippen LogP contribution is -2.36. The van der Waals surface area contributed by atoms with Crippen LogP contribution < -0.4 is 5.73 Å². The van der Waals surface area contributed by atoms with Gasteiger partial charge in [0.05, 0.1) is 6.54 Å². The van der Waals surface area contributed by atoms with Gasteiger partial charge < -0.3 is 10.6 Å². The topological polar surface area (TPSA) is 46.3 Å². The van der Waals surface area contributed by atoms with E-state index in [2.05, 4.69) is 25.7 Å². The molecule has 1 saturated carbocycles. The van der Waals surface area contributed by atoms with Gasteiger partial charge in [0, 0.05) is 23.7 Å². The van der Waals surface area contributed by atoms with Crippen LogP contribution in [0.1, 0.15) is 48.2 Å². The lowest BCUT2D eigenvalue weighted by molar-refractivity contribution is 0.0722. The Balaban J connectivity index is 2.25. The van der Waals surface area contributed by atoms with E-state index in [9.17, 15) is 4.79 Å². The second-order valence-electron chi connectivity index (χ2n) is 6.12. The molecule has 3 nitrogen and oxygen atoms in total. The van der Waals surface area contributed by atoms with E-state index < -0.39 is 0 Å². The number of nitrogens with zero attached hydrogens (tertiary/aromatic N) is 1. The Morgan fingerprint density at radius 2 is 2.14 bits per heavy atom. The van der Waals surface area contributed by atoms with E-state index in [4.69, 9.17) is 5.73 Å². The molecule has 112 valence electrons. The highest BCUT2D eigenvalue weighted by Crippen LogP contribution is 2.29. The Bertz CT molecular complexity index is 577. The summed E-state index contributed by atoms with van der Waals surface area (Å²) in [6.45, 7) is 7.45. The molecular weight excluding hydrogens is 260 g/mol. The van der Waals surface area contributed by atoms with Gasteiger partial charge in [-0.15, -0.1) is 0 Å². The van der Waals surface area contributed by atoms with E-state index in [1.165, 1.54) is 0 Å². The van der Waals surface area contributed by atoms with Crippen LogP contribution in [0.15, 0.2) is 18.2 Å². The number of hydrogen-bond acceptors (Lipinski definition) is 2. The van der Waals surface area contributed by atoms with Crippen molar-refractivity contribution >= 4 is 5.91 Å². The van der Waals surface area contributed by atoms with Gasteiger partial charge in [-0.3, -0.25) is 4.79 Å². The quantitative estimate of drug-likeness (QED) is 0.864. The smallest absolute Gasteiger partial charge is 0.254 e. The predicted octanol–water partition coefficient (Wildman–Crippen LogP) is 2.57. The minimum absolute atomic E-state index is 0.127. The summed E-state index contributed by atoms with van der Waals surface area (Å²) >= 11 is 0. The number of nitrogens with two attached hydrogens (primary N) is 1.